The van der Waals surface area contributed by atoms with Gasteiger partial charge in [-0.15, -0.1) is 0 Å². The maximum Gasteiger partial charge on any atom is 0.197 e. The third-order valence-electron chi connectivity index (χ3n) is 0.959. The van der Waals surface area contributed by atoms with E-state index < -0.39 is 7.37 Å². The molecule has 0 aliphatic rings. The van der Waals surface area contributed by atoms with Gasteiger partial charge in [0.05, 0.1) is 6.61 Å². The zero-order valence-corrected chi connectivity index (χ0v) is 8.01. The van der Waals surface area contributed by atoms with E-state index in [9.17, 15) is 4.57 Å². The molecule has 0 saturated carbocycles. The minimum absolute atomic E-state index is 0.522. The molecule has 0 aromatic rings. The second kappa shape index (κ2) is 5.34. The van der Waals surface area contributed by atoms with E-state index in [1.807, 2.05) is 12.2 Å². The van der Waals surface area contributed by atoms with Crippen LogP contribution in [0.15, 0.2) is 24.8 Å². The molecule has 0 amide bonds. The zero-order valence-electron chi connectivity index (χ0n) is 7.12. The van der Waals surface area contributed by atoms with Crippen LogP contribution >= 0.6 is 7.37 Å². The molecule has 0 aromatic heterocycles. The van der Waals surface area contributed by atoms with Crippen LogP contribution in [0.4, 0.5) is 0 Å². The van der Waals surface area contributed by atoms with Crippen LogP contribution in [0.5, 0.6) is 0 Å². The first kappa shape index (κ1) is 10.7. The number of hydrogen-bond acceptors (Lipinski definition) is 2. The van der Waals surface area contributed by atoms with Gasteiger partial charge in [-0.1, -0.05) is 24.8 Å². The summed E-state index contributed by atoms with van der Waals surface area (Å²) in [5.41, 5.74) is 0. The van der Waals surface area contributed by atoms with E-state index in [4.69, 9.17) is 4.52 Å². The van der Waals surface area contributed by atoms with Crippen molar-refractivity contribution >= 4 is 7.37 Å². The summed E-state index contributed by atoms with van der Waals surface area (Å²) in [6, 6.07) is 0. The second-order valence-corrected chi connectivity index (χ2v) is 5.30. The van der Waals surface area contributed by atoms with Crippen molar-refractivity contribution in [3.05, 3.63) is 24.8 Å². The van der Waals surface area contributed by atoms with Crippen LogP contribution in [-0.2, 0) is 9.09 Å². The Balaban J connectivity index is 3.36. The summed E-state index contributed by atoms with van der Waals surface area (Å²) in [6.07, 6.45) is 6.28. The molecule has 0 saturated heterocycles. The van der Waals surface area contributed by atoms with Crippen LogP contribution in [0.2, 0.25) is 0 Å². The predicted octanol–water partition coefficient (Wildman–Crippen LogP) is 2.67. The van der Waals surface area contributed by atoms with Gasteiger partial charge in [0.15, 0.2) is 7.37 Å². The number of allylic oxidation sites excluding steroid dienone is 2. The fourth-order valence-corrected chi connectivity index (χ4v) is 1.08. The van der Waals surface area contributed by atoms with E-state index in [1.54, 1.807) is 19.4 Å². The van der Waals surface area contributed by atoms with Gasteiger partial charge in [-0.2, -0.15) is 0 Å². The molecule has 2 nitrogen and oxygen atoms in total. The summed E-state index contributed by atoms with van der Waals surface area (Å²) >= 11 is 0. The van der Waals surface area contributed by atoms with Gasteiger partial charge in [0, 0.05) is 13.3 Å². The summed E-state index contributed by atoms with van der Waals surface area (Å²) in [5.74, 6) is 0. The molecular formula is C8H15O2P. The standard InChI is InChI=1S/C8H15O2P/c1-4-5-6-7-8-10-11(2,3)9/h4-6H,1,7-8H2,2-3H3/b6-5+. The lowest BCUT2D eigenvalue weighted by Crippen LogP contribution is -1.88. The van der Waals surface area contributed by atoms with Gasteiger partial charge in [0.25, 0.3) is 0 Å². The maximum atomic E-state index is 11.0. The van der Waals surface area contributed by atoms with Crippen molar-refractivity contribution in [2.75, 3.05) is 19.9 Å². The summed E-state index contributed by atoms with van der Waals surface area (Å²) in [7, 11) is -2.27. The summed E-state index contributed by atoms with van der Waals surface area (Å²) < 4.78 is 16.0. The molecule has 0 aliphatic heterocycles. The Kier molecular flexibility index (Phi) is 5.18. The Hall–Kier alpha value is -0.330. The molecule has 0 fully saturated rings. The summed E-state index contributed by atoms with van der Waals surface area (Å²) in [5, 5.41) is 0. The zero-order chi connectivity index (χ0) is 8.74. The van der Waals surface area contributed by atoms with Gasteiger partial charge in [0.2, 0.25) is 0 Å². The van der Waals surface area contributed by atoms with E-state index in [0.29, 0.717) is 6.61 Å². The lowest BCUT2D eigenvalue weighted by Gasteiger charge is -2.05. The van der Waals surface area contributed by atoms with E-state index in [1.165, 1.54) is 0 Å². The molecule has 11 heavy (non-hydrogen) atoms. The van der Waals surface area contributed by atoms with Crippen molar-refractivity contribution in [2.24, 2.45) is 0 Å². The third kappa shape index (κ3) is 9.67. The summed E-state index contributed by atoms with van der Waals surface area (Å²) in [4.78, 5) is 0. The Morgan fingerprint density at radius 1 is 1.55 bits per heavy atom. The monoisotopic (exact) mass is 174 g/mol. The van der Waals surface area contributed by atoms with Crippen molar-refractivity contribution in [1.29, 1.82) is 0 Å². The Morgan fingerprint density at radius 2 is 2.18 bits per heavy atom. The topological polar surface area (TPSA) is 26.3 Å². The molecule has 0 unspecified atom stereocenters. The van der Waals surface area contributed by atoms with Gasteiger partial charge in [-0.05, 0) is 6.42 Å². The van der Waals surface area contributed by atoms with Gasteiger partial charge in [-0.25, -0.2) is 0 Å². The third-order valence-corrected chi connectivity index (χ3v) is 1.76. The Morgan fingerprint density at radius 3 is 2.64 bits per heavy atom. The van der Waals surface area contributed by atoms with Crippen LogP contribution in [0, 0.1) is 0 Å². The van der Waals surface area contributed by atoms with Crippen molar-refractivity contribution in [2.45, 2.75) is 6.42 Å². The molecule has 0 radical (unpaired) electrons. The van der Waals surface area contributed by atoms with Crippen molar-refractivity contribution in [3.8, 4) is 0 Å². The molecule has 0 atom stereocenters. The molecule has 3 heteroatoms. The fraction of sp³-hybridized carbons (Fsp3) is 0.500. The lowest BCUT2D eigenvalue weighted by atomic mass is 10.4. The highest BCUT2D eigenvalue weighted by molar-refractivity contribution is 7.57. The van der Waals surface area contributed by atoms with Crippen LogP contribution in [0.25, 0.3) is 0 Å². The first-order chi connectivity index (χ1) is 5.06. The highest BCUT2D eigenvalue weighted by Gasteiger charge is 2.04. The fourth-order valence-electron chi connectivity index (χ4n) is 0.533. The lowest BCUT2D eigenvalue weighted by molar-refractivity contribution is 0.327. The first-order valence-corrected chi connectivity index (χ1v) is 6.05. The van der Waals surface area contributed by atoms with Crippen LogP contribution < -0.4 is 0 Å². The van der Waals surface area contributed by atoms with Crippen LogP contribution in [-0.4, -0.2) is 19.9 Å². The van der Waals surface area contributed by atoms with E-state index in [2.05, 4.69) is 6.58 Å². The van der Waals surface area contributed by atoms with Crippen LogP contribution in [0.1, 0.15) is 6.42 Å². The van der Waals surface area contributed by atoms with Gasteiger partial charge in [0.1, 0.15) is 0 Å². The Labute approximate surface area is 68.4 Å². The van der Waals surface area contributed by atoms with E-state index in [0.717, 1.165) is 6.42 Å². The quantitative estimate of drug-likeness (QED) is 0.364. The highest BCUT2D eigenvalue weighted by Crippen LogP contribution is 2.36. The minimum Gasteiger partial charge on any atom is -0.328 e. The molecule has 0 aromatic carbocycles. The molecule has 0 heterocycles. The van der Waals surface area contributed by atoms with Crippen molar-refractivity contribution < 1.29 is 9.09 Å². The minimum atomic E-state index is -2.27. The molecular weight excluding hydrogens is 159 g/mol. The van der Waals surface area contributed by atoms with Crippen LogP contribution in [0.3, 0.4) is 0 Å². The van der Waals surface area contributed by atoms with Gasteiger partial charge < -0.3 is 4.52 Å². The van der Waals surface area contributed by atoms with E-state index >= 15 is 0 Å². The molecule has 0 N–H and O–H groups in total. The molecule has 0 aliphatic carbocycles. The SMILES string of the molecule is C=C/C=C/CCOP(C)(C)=O. The maximum absolute atomic E-state index is 11.0. The van der Waals surface area contributed by atoms with Crippen molar-refractivity contribution in [3.63, 3.8) is 0 Å². The summed E-state index contributed by atoms with van der Waals surface area (Å²) in [6.45, 7) is 7.28. The largest absolute Gasteiger partial charge is 0.328 e. The number of hydrogen-bond donors (Lipinski definition) is 0. The van der Waals surface area contributed by atoms with Crippen molar-refractivity contribution in [1.82, 2.24) is 0 Å². The Bertz CT molecular complexity index is 179. The first-order valence-electron chi connectivity index (χ1n) is 3.53. The molecule has 0 rings (SSSR count). The average molecular weight is 174 g/mol. The normalized spacial score (nSPS) is 12.2. The molecule has 0 bridgehead atoms. The number of rotatable bonds is 5. The highest BCUT2D eigenvalue weighted by atomic mass is 31.2. The van der Waals surface area contributed by atoms with Gasteiger partial charge >= 0.3 is 0 Å². The predicted molar refractivity (Wildman–Crippen MR) is 49.4 cm³/mol. The second-order valence-electron chi connectivity index (χ2n) is 2.54. The smallest absolute Gasteiger partial charge is 0.197 e. The molecule has 64 valence electrons. The molecule has 0 spiro atoms. The average Bonchev–Trinajstić information content (AvgIpc) is 1.85. The van der Waals surface area contributed by atoms with Gasteiger partial charge in [-0.3, -0.25) is 4.57 Å². The van der Waals surface area contributed by atoms with E-state index in [-0.39, 0.29) is 0 Å².